The van der Waals surface area contributed by atoms with E-state index in [1.54, 1.807) is 0 Å². The Hall–Kier alpha value is -2.86. The van der Waals surface area contributed by atoms with Crippen molar-refractivity contribution in [1.29, 1.82) is 0 Å². The highest BCUT2D eigenvalue weighted by Crippen LogP contribution is 2.38. The fraction of sp³-hybridized carbons (Fsp3) is 0.0435. The highest BCUT2D eigenvalue weighted by molar-refractivity contribution is 6.24. The maximum absolute atomic E-state index is 2.29. The highest BCUT2D eigenvalue weighted by Gasteiger charge is 2.12. The second-order valence-electron chi connectivity index (χ2n) is 6.18. The summed E-state index contributed by atoms with van der Waals surface area (Å²) in [7, 11) is 0. The topological polar surface area (TPSA) is 0 Å². The van der Waals surface area contributed by atoms with Crippen LogP contribution in [-0.2, 0) is 0 Å². The summed E-state index contributed by atoms with van der Waals surface area (Å²) in [6.45, 7) is 0. The number of allylic oxidation sites excluding steroid dienone is 6. The van der Waals surface area contributed by atoms with Crippen LogP contribution in [-0.4, -0.2) is 0 Å². The summed E-state index contributed by atoms with van der Waals surface area (Å²) in [6, 6.07) is 20.1. The van der Waals surface area contributed by atoms with Crippen molar-refractivity contribution in [3.8, 4) is 0 Å². The predicted octanol–water partition coefficient (Wildman–Crippen LogP) is 6.48. The molecular weight excluding hydrogens is 276 g/mol. The van der Waals surface area contributed by atoms with Crippen LogP contribution in [0.5, 0.6) is 0 Å². The molecule has 4 aromatic carbocycles. The van der Waals surface area contributed by atoms with Gasteiger partial charge in [0.05, 0.1) is 0 Å². The van der Waals surface area contributed by atoms with Crippen molar-refractivity contribution >= 4 is 37.9 Å². The molecule has 0 bridgehead atoms. The van der Waals surface area contributed by atoms with E-state index in [1.807, 2.05) is 0 Å². The Balaban J connectivity index is 1.93. The lowest BCUT2D eigenvalue weighted by Gasteiger charge is -2.15. The van der Waals surface area contributed by atoms with Crippen molar-refractivity contribution in [1.82, 2.24) is 0 Å². The van der Waals surface area contributed by atoms with E-state index in [0.29, 0.717) is 0 Å². The van der Waals surface area contributed by atoms with E-state index >= 15 is 0 Å². The van der Waals surface area contributed by atoms with Crippen molar-refractivity contribution in [3.05, 3.63) is 90.5 Å². The summed E-state index contributed by atoms with van der Waals surface area (Å²) >= 11 is 0. The molecule has 0 radical (unpaired) electrons. The molecule has 1 aliphatic carbocycles. The standard InChI is InChI=1S/C23H16/c1-2-4-7-16(6-3-1)20-14-12-19-11-10-17-8-5-9-18-13-15-21(20)23(19)22(17)18/h1-6,8-15H,7H2. The minimum atomic E-state index is 0.983. The average molecular weight is 292 g/mol. The van der Waals surface area contributed by atoms with Gasteiger partial charge >= 0.3 is 0 Å². The predicted molar refractivity (Wildman–Crippen MR) is 101 cm³/mol. The third-order valence-electron chi connectivity index (χ3n) is 4.87. The Morgan fingerprint density at radius 1 is 0.609 bits per heavy atom. The monoisotopic (exact) mass is 292 g/mol. The lowest BCUT2D eigenvalue weighted by atomic mass is 9.89. The van der Waals surface area contributed by atoms with Crippen molar-refractivity contribution in [2.75, 3.05) is 0 Å². The summed E-state index contributed by atoms with van der Waals surface area (Å²) in [6.07, 6.45) is 11.8. The summed E-state index contributed by atoms with van der Waals surface area (Å²) in [5, 5.41) is 8.13. The Morgan fingerprint density at radius 2 is 1.35 bits per heavy atom. The first-order valence-corrected chi connectivity index (χ1v) is 8.11. The maximum atomic E-state index is 2.29. The van der Waals surface area contributed by atoms with Crippen LogP contribution in [0.3, 0.4) is 0 Å². The van der Waals surface area contributed by atoms with Crippen LogP contribution in [0.25, 0.3) is 37.9 Å². The Kier molecular flexibility index (Phi) is 2.65. The van der Waals surface area contributed by atoms with Gasteiger partial charge in [-0.3, -0.25) is 0 Å². The van der Waals surface area contributed by atoms with Gasteiger partial charge in [0.2, 0.25) is 0 Å². The van der Waals surface area contributed by atoms with Gasteiger partial charge in [0.1, 0.15) is 0 Å². The van der Waals surface area contributed by atoms with E-state index in [-0.39, 0.29) is 0 Å². The normalized spacial score (nSPS) is 14.7. The molecule has 4 aromatic rings. The highest BCUT2D eigenvalue weighted by atomic mass is 14.2. The van der Waals surface area contributed by atoms with Crippen molar-refractivity contribution in [2.24, 2.45) is 0 Å². The molecule has 0 heterocycles. The van der Waals surface area contributed by atoms with Crippen molar-refractivity contribution in [2.45, 2.75) is 6.42 Å². The zero-order valence-corrected chi connectivity index (χ0v) is 12.8. The quantitative estimate of drug-likeness (QED) is 0.352. The first kappa shape index (κ1) is 12.7. The van der Waals surface area contributed by atoms with Crippen LogP contribution in [0.4, 0.5) is 0 Å². The molecule has 0 saturated heterocycles. The van der Waals surface area contributed by atoms with Gasteiger partial charge < -0.3 is 0 Å². The van der Waals surface area contributed by atoms with E-state index in [2.05, 4.69) is 85.0 Å². The Labute approximate surface area is 135 Å². The molecule has 0 atom stereocenters. The lowest BCUT2D eigenvalue weighted by molar-refractivity contribution is 1.41. The van der Waals surface area contributed by atoms with Gasteiger partial charge in [0.25, 0.3) is 0 Å². The molecule has 108 valence electrons. The van der Waals surface area contributed by atoms with Gasteiger partial charge in [0.15, 0.2) is 0 Å². The van der Waals surface area contributed by atoms with E-state index in [0.717, 1.165) is 6.42 Å². The van der Waals surface area contributed by atoms with Crippen molar-refractivity contribution < 1.29 is 0 Å². The van der Waals surface area contributed by atoms with Crippen molar-refractivity contribution in [3.63, 3.8) is 0 Å². The lowest BCUT2D eigenvalue weighted by Crippen LogP contribution is -1.89. The van der Waals surface area contributed by atoms with Crippen LogP contribution < -0.4 is 0 Å². The van der Waals surface area contributed by atoms with Gasteiger partial charge in [-0.1, -0.05) is 85.0 Å². The van der Waals surface area contributed by atoms with Gasteiger partial charge in [-0.05, 0) is 49.9 Å². The molecular formula is C23H16. The SMILES string of the molecule is C1=CC=C(c2ccc3ccc4cccc5ccc2c3c45)CC=C1. The maximum Gasteiger partial charge on any atom is -0.00207 e. The molecule has 0 nitrogen and oxygen atoms in total. The molecule has 0 unspecified atom stereocenters. The first-order valence-electron chi connectivity index (χ1n) is 8.11. The Bertz CT molecular complexity index is 1110. The largest absolute Gasteiger partial charge is 0.0801 e. The molecule has 0 N–H and O–H groups in total. The van der Waals surface area contributed by atoms with Gasteiger partial charge in [0, 0.05) is 0 Å². The van der Waals surface area contributed by atoms with Crippen LogP contribution in [0.2, 0.25) is 0 Å². The molecule has 0 aliphatic heterocycles. The molecule has 0 fully saturated rings. The summed E-state index contributed by atoms with van der Waals surface area (Å²) in [4.78, 5) is 0. The van der Waals surface area contributed by atoms with Crippen LogP contribution in [0, 0.1) is 0 Å². The third kappa shape index (κ3) is 1.85. The number of benzene rings is 4. The fourth-order valence-corrected chi connectivity index (χ4v) is 3.79. The number of hydrogen-bond donors (Lipinski definition) is 0. The second-order valence-corrected chi connectivity index (χ2v) is 6.18. The molecule has 5 rings (SSSR count). The smallest absolute Gasteiger partial charge is 0.00207 e. The minimum absolute atomic E-state index is 0.983. The number of rotatable bonds is 1. The molecule has 0 amide bonds. The zero-order valence-electron chi connectivity index (χ0n) is 12.8. The van der Waals surface area contributed by atoms with E-state index in [1.165, 1.54) is 43.5 Å². The Morgan fingerprint density at radius 3 is 2.22 bits per heavy atom. The van der Waals surface area contributed by atoms with Gasteiger partial charge in [-0.25, -0.2) is 0 Å². The number of hydrogen-bond acceptors (Lipinski definition) is 0. The van der Waals surface area contributed by atoms with Gasteiger partial charge in [-0.15, -0.1) is 0 Å². The molecule has 1 aliphatic rings. The first-order chi connectivity index (χ1) is 11.4. The van der Waals surface area contributed by atoms with Crippen LogP contribution in [0.15, 0.2) is 85.0 Å². The fourth-order valence-electron chi connectivity index (χ4n) is 3.79. The van der Waals surface area contributed by atoms with E-state index < -0.39 is 0 Å². The summed E-state index contributed by atoms with van der Waals surface area (Å²) in [5.41, 5.74) is 2.74. The van der Waals surface area contributed by atoms with Gasteiger partial charge in [-0.2, -0.15) is 0 Å². The molecule has 0 spiro atoms. The van der Waals surface area contributed by atoms with E-state index in [4.69, 9.17) is 0 Å². The zero-order chi connectivity index (χ0) is 15.2. The third-order valence-corrected chi connectivity index (χ3v) is 4.87. The molecule has 0 saturated carbocycles. The minimum Gasteiger partial charge on any atom is -0.0801 e. The second kappa shape index (κ2) is 4.82. The summed E-state index contributed by atoms with van der Waals surface area (Å²) < 4.78 is 0. The average Bonchev–Trinajstić information content (AvgIpc) is 2.89. The molecule has 0 aromatic heterocycles. The molecule has 23 heavy (non-hydrogen) atoms. The van der Waals surface area contributed by atoms with E-state index in [9.17, 15) is 0 Å². The molecule has 0 heteroatoms. The van der Waals surface area contributed by atoms with Crippen LogP contribution in [0.1, 0.15) is 12.0 Å². The van der Waals surface area contributed by atoms with Crippen LogP contribution >= 0.6 is 0 Å². The summed E-state index contributed by atoms with van der Waals surface area (Å²) in [5.74, 6) is 0.